The Kier molecular flexibility index (Phi) is 4.06. The van der Waals surface area contributed by atoms with Crippen LogP contribution in [0, 0.1) is 5.92 Å². The lowest BCUT2D eigenvalue weighted by atomic mass is 9.78. The highest BCUT2D eigenvalue weighted by atomic mass is 32.2. The minimum absolute atomic E-state index is 0.228. The van der Waals surface area contributed by atoms with Gasteiger partial charge in [-0.2, -0.15) is 0 Å². The van der Waals surface area contributed by atoms with E-state index in [4.69, 9.17) is 4.99 Å². The van der Waals surface area contributed by atoms with Crippen molar-refractivity contribution in [3.8, 4) is 0 Å². The van der Waals surface area contributed by atoms with E-state index in [-0.39, 0.29) is 5.54 Å². The molecule has 3 heteroatoms. The zero-order valence-corrected chi connectivity index (χ0v) is 13.3. The summed E-state index contributed by atoms with van der Waals surface area (Å²) >= 11 is 1.90. The molecule has 20 heavy (non-hydrogen) atoms. The van der Waals surface area contributed by atoms with Gasteiger partial charge < -0.3 is 5.32 Å². The van der Waals surface area contributed by atoms with Gasteiger partial charge in [0.25, 0.3) is 0 Å². The summed E-state index contributed by atoms with van der Waals surface area (Å²) in [5.41, 5.74) is 2.82. The number of thioether (sulfide) groups is 1. The standard InChI is InChI=1S/C17H24N2S/c1-3-14-8-4-5-9-15(14)18-16-19-17(12-20-16)10-6-7-13(2)11-17/h4-5,8-9,13H,3,6-7,10-12H2,1-2H3,(H,18,19). The first-order valence-corrected chi connectivity index (χ1v) is 8.77. The van der Waals surface area contributed by atoms with Gasteiger partial charge in [0.05, 0.1) is 5.54 Å². The molecule has 0 saturated heterocycles. The molecular weight excluding hydrogens is 264 g/mol. The van der Waals surface area contributed by atoms with Crippen molar-refractivity contribution >= 4 is 22.6 Å². The SMILES string of the molecule is CCc1ccccc1NC1=NC2(CCCC(C)C2)CS1. The Bertz CT molecular complexity index is 511. The number of nitrogens with zero attached hydrogens (tertiary/aromatic N) is 1. The third kappa shape index (κ3) is 2.88. The van der Waals surface area contributed by atoms with Gasteiger partial charge >= 0.3 is 0 Å². The molecule has 0 amide bonds. The zero-order valence-electron chi connectivity index (χ0n) is 12.5. The van der Waals surface area contributed by atoms with Crippen LogP contribution < -0.4 is 5.32 Å². The Morgan fingerprint density at radius 2 is 2.25 bits per heavy atom. The summed E-state index contributed by atoms with van der Waals surface area (Å²) in [6.07, 6.45) is 6.31. The molecule has 3 rings (SSSR count). The number of aryl methyl sites for hydroxylation is 1. The van der Waals surface area contributed by atoms with Gasteiger partial charge in [0, 0.05) is 11.4 Å². The summed E-state index contributed by atoms with van der Waals surface area (Å²) in [5, 5.41) is 4.68. The summed E-state index contributed by atoms with van der Waals surface area (Å²) in [6, 6.07) is 8.56. The van der Waals surface area contributed by atoms with Crippen LogP contribution in [0.5, 0.6) is 0 Å². The topological polar surface area (TPSA) is 24.4 Å². The van der Waals surface area contributed by atoms with Gasteiger partial charge in [-0.25, -0.2) is 0 Å². The molecule has 1 heterocycles. The number of hydrogen-bond acceptors (Lipinski definition) is 3. The molecule has 1 aromatic carbocycles. The van der Waals surface area contributed by atoms with Crippen LogP contribution in [0.25, 0.3) is 0 Å². The molecule has 108 valence electrons. The van der Waals surface area contributed by atoms with Crippen molar-refractivity contribution in [3.05, 3.63) is 29.8 Å². The molecule has 2 atom stereocenters. The van der Waals surface area contributed by atoms with Crippen LogP contribution in [-0.4, -0.2) is 16.5 Å². The summed E-state index contributed by atoms with van der Waals surface area (Å²) in [4.78, 5) is 5.07. The average molecular weight is 288 g/mol. The summed E-state index contributed by atoms with van der Waals surface area (Å²) < 4.78 is 0. The van der Waals surface area contributed by atoms with Crippen LogP contribution >= 0.6 is 11.8 Å². The van der Waals surface area contributed by atoms with Crippen LogP contribution in [0.4, 0.5) is 5.69 Å². The number of para-hydroxylation sites is 1. The smallest absolute Gasteiger partial charge is 0.161 e. The molecule has 2 unspecified atom stereocenters. The molecule has 1 fully saturated rings. The minimum atomic E-state index is 0.228. The van der Waals surface area contributed by atoms with E-state index in [2.05, 4.69) is 43.4 Å². The van der Waals surface area contributed by atoms with Crippen LogP contribution in [0.15, 0.2) is 29.3 Å². The van der Waals surface area contributed by atoms with E-state index in [1.54, 1.807) is 0 Å². The lowest BCUT2D eigenvalue weighted by Crippen LogP contribution is -2.33. The van der Waals surface area contributed by atoms with E-state index in [1.807, 2.05) is 11.8 Å². The fraction of sp³-hybridized carbons (Fsp3) is 0.588. The van der Waals surface area contributed by atoms with Crippen molar-refractivity contribution in [2.24, 2.45) is 10.9 Å². The first kappa shape index (κ1) is 14.0. The molecule has 0 aromatic heterocycles. The summed E-state index contributed by atoms with van der Waals surface area (Å²) in [7, 11) is 0. The molecule has 1 aliphatic heterocycles. The molecular formula is C17H24N2S. The van der Waals surface area contributed by atoms with Gasteiger partial charge in [0.2, 0.25) is 0 Å². The number of anilines is 1. The second kappa shape index (κ2) is 5.80. The lowest BCUT2D eigenvalue weighted by Gasteiger charge is -2.33. The van der Waals surface area contributed by atoms with Gasteiger partial charge in [-0.1, -0.05) is 56.7 Å². The maximum absolute atomic E-state index is 5.07. The number of rotatable bonds is 2. The number of aliphatic imine (C=N–C) groups is 1. The van der Waals surface area contributed by atoms with Gasteiger partial charge in [-0.05, 0) is 36.8 Å². The lowest BCUT2D eigenvalue weighted by molar-refractivity contribution is 0.266. The molecule has 1 aromatic rings. The second-order valence-electron chi connectivity index (χ2n) is 6.27. The fourth-order valence-corrected chi connectivity index (χ4v) is 4.65. The van der Waals surface area contributed by atoms with E-state index in [0.29, 0.717) is 0 Å². The molecule has 1 saturated carbocycles. The van der Waals surface area contributed by atoms with Crippen molar-refractivity contribution in [1.29, 1.82) is 0 Å². The molecule has 1 N–H and O–H groups in total. The van der Waals surface area contributed by atoms with Crippen LogP contribution in [0.1, 0.15) is 45.1 Å². The molecule has 1 aliphatic carbocycles. The average Bonchev–Trinajstić information content (AvgIpc) is 2.81. The van der Waals surface area contributed by atoms with Crippen LogP contribution in [0.3, 0.4) is 0 Å². The van der Waals surface area contributed by atoms with Crippen molar-refractivity contribution in [3.63, 3.8) is 0 Å². The Balaban J connectivity index is 1.75. The van der Waals surface area contributed by atoms with E-state index < -0.39 is 0 Å². The Hall–Kier alpha value is -0.960. The molecule has 2 nitrogen and oxygen atoms in total. The maximum Gasteiger partial charge on any atom is 0.161 e. The number of hydrogen-bond donors (Lipinski definition) is 1. The van der Waals surface area contributed by atoms with Crippen molar-refractivity contribution in [2.45, 2.75) is 51.5 Å². The van der Waals surface area contributed by atoms with Gasteiger partial charge in [-0.15, -0.1) is 0 Å². The largest absolute Gasteiger partial charge is 0.335 e. The van der Waals surface area contributed by atoms with Gasteiger partial charge in [-0.3, -0.25) is 4.99 Å². The highest BCUT2D eigenvalue weighted by molar-refractivity contribution is 8.14. The third-order valence-electron chi connectivity index (χ3n) is 4.52. The van der Waals surface area contributed by atoms with Gasteiger partial charge in [0.15, 0.2) is 5.17 Å². The predicted octanol–water partition coefficient (Wildman–Crippen LogP) is 4.71. The fourth-order valence-electron chi connectivity index (χ4n) is 3.48. The Labute approximate surface area is 126 Å². The van der Waals surface area contributed by atoms with Crippen LogP contribution in [0.2, 0.25) is 0 Å². The molecule has 1 spiro atoms. The normalized spacial score (nSPS) is 29.5. The number of nitrogens with one attached hydrogen (secondary N) is 1. The first-order valence-electron chi connectivity index (χ1n) is 7.78. The van der Waals surface area contributed by atoms with Crippen molar-refractivity contribution < 1.29 is 0 Å². The minimum Gasteiger partial charge on any atom is -0.335 e. The van der Waals surface area contributed by atoms with E-state index in [1.165, 1.54) is 36.9 Å². The molecule has 0 radical (unpaired) electrons. The Morgan fingerprint density at radius 3 is 3.05 bits per heavy atom. The van der Waals surface area contributed by atoms with Crippen molar-refractivity contribution in [1.82, 2.24) is 0 Å². The zero-order chi connectivity index (χ0) is 14.0. The van der Waals surface area contributed by atoms with E-state index >= 15 is 0 Å². The Morgan fingerprint density at radius 1 is 1.40 bits per heavy atom. The number of benzene rings is 1. The summed E-state index contributed by atoms with van der Waals surface area (Å²) in [6.45, 7) is 4.58. The summed E-state index contributed by atoms with van der Waals surface area (Å²) in [5.74, 6) is 1.99. The molecule has 0 bridgehead atoms. The second-order valence-corrected chi connectivity index (χ2v) is 7.23. The van der Waals surface area contributed by atoms with E-state index in [9.17, 15) is 0 Å². The van der Waals surface area contributed by atoms with Gasteiger partial charge in [0.1, 0.15) is 0 Å². The highest BCUT2D eigenvalue weighted by Crippen LogP contribution is 2.42. The predicted molar refractivity (Wildman–Crippen MR) is 89.7 cm³/mol. The molecule has 2 aliphatic rings. The maximum atomic E-state index is 5.07. The number of amidine groups is 1. The quantitative estimate of drug-likeness (QED) is 0.852. The van der Waals surface area contributed by atoms with Crippen LogP contribution in [-0.2, 0) is 6.42 Å². The van der Waals surface area contributed by atoms with Crippen molar-refractivity contribution in [2.75, 3.05) is 11.1 Å². The first-order chi connectivity index (χ1) is 9.71. The monoisotopic (exact) mass is 288 g/mol. The third-order valence-corrected chi connectivity index (χ3v) is 5.67. The highest BCUT2D eigenvalue weighted by Gasteiger charge is 2.39. The van der Waals surface area contributed by atoms with E-state index in [0.717, 1.165) is 23.3 Å².